The highest BCUT2D eigenvalue weighted by Gasteiger charge is 2.20. The Morgan fingerprint density at radius 1 is 1.47 bits per heavy atom. The first-order valence-electron chi connectivity index (χ1n) is 4.80. The molecule has 88 valence electrons. The Labute approximate surface area is 96.8 Å². The third kappa shape index (κ3) is 2.07. The Bertz CT molecular complexity index is 547. The number of nitrogens with zero attached hydrogens (tertiary/aromatic N) is 4. The highest BCUT2D eigenvalue weighted by Crippen LogP contribution is 2.27. The van der Waals surface area contributed by atoms with Crippen molar-refractivity contribution in [1.82, 2.24) is 14.8 Å². The van der Waals surface area contributed by atoms with Crippen LogP contribution in [0.2, 0.25) is 0 Å². The van der Waals surface area contributed by atoms with E-state index in [4.69, 9.17) is 4.74 Å². The van der Waals surface area contributed by atoms with Crippen molar-refractivity contribution in [1.29, 1.82) is 0 Å². The molecule has 0 bridgehead atoms. The Morgan fingerprint density at radius 3 is 2.76 bits per heavy atom. The quantitative estimate of drug-likeness (QED) is 0.592. The van der Waals surface area contributed by atoms with Crippen LogP contribution < -0.4 is 4.74 Å². The molecule has 0 aliphatic heterocycles. The molecule has 2 heterocycles. The van der Waals surface area contributed by atoms with E-state index < -0.39 is 4.92 Å². The Morgan fingerprint density at radius 2 is 2.24 bits per heavy atom. The van der Waals surface area contributed by atoms with Crippen LogP contribution in [0.4, 0.5) is 5.69 Å². The third-order valence-electron chi connectivity index (χ3n) is 2.22. The molecule has 2 aromatic heterocycles. The van der Waals surface area contributed by atoms with E-state index in [0.717, 1.165) is 0 Å². The molecule has 0 aliphatic carbocycles. The second kappa shape index (κ2) is 4.20. The van der Waals surface area contributed by atoms with Crippen LogP contribution in [-0.2, 0) is 7.05 Å². The van der Waals surface area contributed by atoms with Gasteiger partial charge in [-0.15, -0.1) is 0 Å². The number of nitro groups is 1. The normalized spacial score (nSPS) is 10.2. The van der Waals surface area contributed by atoms with E-state index in [-0.39, 0.29) is 11.4 Å². The summed E-state index contributed by atoms with van der Waals surface area (Å²) < 4.78 is 6.35. The molecule has 0 N–H and O–H groups in total. The molecule has 0 radical (unpaired) electrons. The molecule has 7 heteroatoms. The van der Waals surface area contributed by atoms with Crippen molar-refractivity contribution in [3.63, 3.8) is 0 Å². The topological polar surface area (TPSA) is 83.1 Å². The van der Waals surface area contributed by atoms with E-state index in [2.05, 4.69) is 10.1 Å². The molecular formula is C10H10N4O3. The van der Waals surface area contributed by atoms with Gasteiger partial charge < -0.3 is 4.74 Å². The summed E-state index contributed by atoms with van der Waals surface area (Å²) in [6, 6.07) is 3.31. The Hall–Kier alpha value is -2.44. The lowest BCUT2D eigenvalue weighted by molar-refractivity contribution is -0.384. The van der Waals surface area contributed by atoms with Gasteiger partial charge in [-0.1, -0.05) is 0 Å². The lowest BCUT2D eigenvalue weighted by Gasteiger charge is -1.99. The molecule has 0 spiro atoms. The largest absolute Gasteiger partial charge is 0.495 e. The molecule has 2 aromatic rings. The Kier molecular flexibility index (Phi) is 2.73. The van der Waals surface area contributed by atoms with Gasteiger partial charge in [-0.25, -0.2) is 0 Å². The van der Waals surface area contributed by atoms with Gasteiger partial charge in [-0.3, -0.25) is 19.8 Å². The number of hydrogen-bond donors (Lipinski definition) is 0. The van der Waals surface area contributed by atoms with E-state index in [0.29, 0.717) is 11.4 Å². The summed E-state index contributed by atoms with van der Waals surface area (Å²) in [5.41, 5.74) is 0.628. The second-order valence-electron chi connectivity index (χ2n) is 3.38. The summed E-state index contributed by atoms with van der Waals surface area (Å²) in [7, 11) is 3.15. The first-order chi connectivity index (χ1) is 8.11. The zero-order valence-electron chi connectivity index (χ0n) is 9.32. The van der Waals surface area contributed by atoms with Gasteiger partial charge in [0.25, 0.3) is 0 Å². The lowest BCUT2D eigenvalue weighted by atomic mass is 10.2. The summed E-state index contributed by atoms with van der Waals surface area (Å²) >= 11 is 0. The zero-order chi connectivity index (χ0) is 12.4. The maximum absolute atomic E-state index is 10.8. The monoisotopic (exact) mass is 234 g/mol. The van der Waals surface area contributed by atoms with E-state index >= 15 is 0 Å². The molecule has 17 heavy (non-hydrogen) atoms. The highest BCUT2D eigenvalue weighted by atomic mass is 16.6. The number of aryl methyl sites for hydroxylation is 1. The molecule has 0 atom stereocenters. The van der Waals surface area contributed by atoms with Crippen LogP contribution in [0.3, 0.4) is 0 Å². The summed E-state index contributed by atoms with van der Waals surface area (Å²) in [6.45, 7) is 0. The highest BCUT2D eigenvalue weighted by molar-refractivity contribution is 5.65. The molecule has 0 saturated carbocycles. The summed E-state index contributed by atoms with van der Waals surface area (Å²) in [5, 5.41) is 14.9. The van der Waals surface area contributed by atoms with Crippen molar-refractivity contribution in [2.24, 2.45) is 7.05 Å². The average Bonchev–Trinajstić information content (AvgIpc) is 2.72. The van der Waals surface area contributed by atoms with Gasteiger partial charge >= 0.3 is 5.69 Å². The molecule has 0 aliphatic rings. The average molecular weight is 234 g/mol. The number of ether oxygens (including phenoxy) is 1. The first-order valence-corrected chi connectivity index (χ1v) is 4.80. The third-order valence-corrected chi connectivity index (χ3v) is 2.22. The number of pyridine rings is 1. The maximum Gasteiger partial charge on any atom is 0.316 e. The van der Waals surface area contributed by atoms with Crippen LogP contribution >= 0.6 is 0 Å². The fourth-order valence-corrected chi connectivity index (χ4v) is 1.43. The van der Waals surface area contributed by atoms with Crippen LogP contribution in [0.1, 0.15) is 0 Å². The Balaban J connectivity index is 2.48. The van der Waals surface area contributed by atoms with Crippen LogP contribution in [-0.4, -0.2) is 26.8 Å². The predicted molar refractivity (Wildman–Crippen MR) is 59.6 cm³/mol. The first kappa shape index (κ1) is 11.1. The number of hydrogen-bond acceptors (Lipinski definition) is 5. The number of rotatable bonds is 3. The maximum atomic E-state index is 10.8. The molecule has 7 nitrogen and oxygen atoms in total. The molecule has 0 unspecified atom stereocenters. The van der Waals surface area contributed by atoms with Gasteiger partial charge in [0, 0.05) is 7.05 Å². The zero-order valence-corrected chi connectivity index (χ0v) is 9.32. The number of aromatic nitrogens is 3. The van der Waals surface area contributed by atoms with E-state index in [1.165, 1.54) is 24.2 Å². The standard InChI is InChI=1S/C10H10N4O3/c1-13-6-9(14(15)16)10(12-13)8-4-3-7(17-2)5-11-8/h3-6H,1-2H3. The van der Waals surface area contributed by atoms with Gasteiger partial charge in [0.1, 0.15) is 11.9 Å². The fourth-order valence-electron chi connectivity index (χ4n) is 1.43. The minimum absolute atomic E-state index is 0.0647. The minimum atomic E-state index is -0.478. The van der Waals surface area contributed by atoms with Crippen molar-refractivity contribution in [2.45, 2.75) is 0 Å². The van der Waals surface area contributed by atoms with Crippen molar-refractivity contribution in [3.05, 3.63) is 34.6 Å². The molecule has 0 amide bonds. The SMILES string of the molecule is COc1ccc(-c2nn(C)cc2[N+](=O)[O-])nc1. The number of methoxy groups -OCH3 is 1. The van der Waals surface area contributed by atoms with Crippen LogP contribution in [0, 0.1) is 10.1 Å². The van der Waals surface area contributed by atoms with Crippen molar-refractivity contribution in [3.8, 4) is 17.1 Å². The lowest BCUT2D eigenvalue weighted by Crippen LogP contribution is -1.92. The van der Waals surface area contributed by atoms with Gasteiger partial charge in [-0.2, -0.15) is 5.10 Å². The van der Waals surface area contributed by atoms with Gasteiger partial charge in [-0.05, 0) is 12.1 Å². The van der Waals surface area contributed by atoms with Gasteiger partial charge in [0.05, 0.1) is 23.9 Å². The van der Waals surface area contributed by atoms with Crippen LogP contribution in [0.25, 0.3) is 11.4 Å². The van der Waals surface area contributed by atoms with Gasteiger partial charge in [0.2, 0.25) is 0 Å². The predicted octanol–water partition coefficient (Wildman–Crippen LogP) is 1.40. The smallest absolute Gasteiger partial charge is 0.316 e. The molecule has 0 fully saturated rings. The summed E-state index contributed by atoms with van der Waals surface area (Å²) in [6.07, 6.45) is 2.84. The minimum Gasteiger partial charge on any atom is -0.495 e. The molecule has 0 aromatic carbocycles. The van der Waals surface area contributed by atoms with E-state index in [1.807, 2.05) is 0 Å². The van der Waals surface area contributed by atoms with E-state index in [1.54, 1.807) is 19.2 Å². The summed E-state index contributed by atoms with van der Waals surface area (Å²) in [5.74, 6) is 0.590. The summed E-state index contributed by atoms with van der Waals surface area (Å²) in [4.78, 5) is 14.4. The molecule has 2 rings (SSSR count). The fraction of sp³-hybridized carbons (Fsp3) is 0.200. The second-order valence-corrected chi connectivity index (χ2v) is 3.38. The van der Waals surface area contributed by atoms with Crippen LogP contribution in [0.5, 0.6) is 5.75 Å². The van der Waals surface area contributed by atoms with E-state index in [9.17, 15) is 10.1 Å². The van der Waals surface area contributed by atoms with Gasteiger partial charge in [0.15, 0.2) is 5.69 Å². The molecular weight excluding hydrogens is 224 g/mol. The van der Waals surface area contributed by atoms with Crippen molar-refractivity contribution in [2.75, 3.05) is 7.11 Å². The molecule has 0 saturated heterocycles. The van der Waals surface area contributed by atoms with Crippen molar-refractivity contribution >= 4 is 5.69 Å². The van der Waals surface area contributed by atoms with Crippen LogP contribution in [0.15, 0.2) is 24.5 Å². The van der Waals surface area contributed by atoms with Crippen molar-refractivity contribution < 1.29 is 9.66 Å².